The normalized spacial score (nSPS) is 13.0. The van der Waals surface area contributed by atoms with E-state index in [1.807, 2.05) is 60.7 Å². The molecule has 0 saturated heterocycles. The van der Waals surface area contributed by atoms with Gasteiger partial charge in [-0.1, -0.05) is 74.5 Å². The van der Waals surface area contributed by atoms with Gasteiger partial charge in [0.2, 0.25) is 5.91 Å². The van der Waals surface area contributed by atoms with E-state index in [2.05, 4.69) is 25.7 Å². The van der Waals surface area contributed by atoms with E-state index in [0.717, 1.165) is 24.2 Å². The molecule has 0 aliphatic carbocycles. The number of primary amides is 1. The fourth-order valence-electron chi connectivity index (χ4n) is 3.65. The molecule has 1 amide bonds. The first-order valence-corrected chi connectivity index (χ1v) is 8.71. The van der Waals surface area contributed by atoms with Gasteiger partial charge in [-0.15, -0.1) is 0 Å². The van der Waals surface area contributed by atoms with Crippen molar-refractivity contribution in [1.82, 2.24) is 4.90 Å². The summed E-state index contributed by atoms with van der Waals surface area (Å²) in [7, 11) is 0. The van der Waals surface area contributed by atoms with Crippen molar-refractivity contribution < 1.29 is 4.79 Å². The van der Waals surface area contributed by atoms with Gasteiger partial charge < -0.3 is 10.6 Å². The van der Waals surface area contributed by atoms with Crippen LogP contribution in [0.5, 0.6) is 0 Å². The maximum Gasteiger partial charge on any atom is 0.232 e. The Hall–Kier alpha value is -2.13. The smallest absolute Gasteiger partial charge is 0.232 e. The van der Waals surface area contributed by atoms with E-state index >= 15 is 0 Å². The number of nitrogens with two attached hydrogens (primary N) is 1. The number of hydrogen-bond acceptors (Lipinski definition) is 2. The van der Waals surface area contributed by atoms with Crippen LogP contribution in [0.15, 0.2) is 60.7 Å². The van der Waals surface area contributed by atoms with Crippen molar-refractivity contribution in [2.24, 2.45) is 5.73 Å². The topological polar surface area (TPSA) is 46.3 Å². The summed E-state index contributed by atoms with van der Waals surface area (Å²) >= 11 is 0. The van der Waals surface area contributed by atoms with Gasteiger partial charge in [-0.3, -0.25) is 4.79 Å². The molecule has 3 heteroatoms. The van der Waals surface area contributed by atoms with Crippen LogP contribution in [0.4, 0.5) is 0 Å². The molecular weight excluding hydrogens is 296 g/mol. The number of carbonyl (C=O) groups is 1. The molecule has 0 fully saturated rings. The molecule has 3 nitrogen and oxygen atoms in total. The molecule has 0 spiro atoms. The van der Waals surface area contributed by atoms with Crippen LogP contribution in [0, 0.1) is 0 Å². The van der Waals surface area contributed by atoms with E-state index in [0.29, 0.717) is 6.42 Å². The third kappa shape index (κ3) is 3.51. The van der Waals surface area contributed by atoms with Gasteiger partial charge in [0.15, 0.2) is 0 Å². The Morgan fingerprint density at radius 3 is 1.71 bits per heavy atom. The van der Waals surface area contributed by atoms with Gasteiger partial charge in [0, 0.05) is 6.04 Å². The Bertz CT molecular complexity index is 596. The van der Waals surface area contributed by atoms with Crippen LogP contribution in [-0.2, 0) is 10.2 Å². The summed E-state index contributed by atoms with van der Waals surface area (Å²) in [6.07, 6.45) is 0.665. The average molecular weight is 324 g/mol. The largest absolute Gasteiger partial charge is 0.369 e. The Kier molecular flexibility index (Phi) is 6.16. The summed E-state index contributed by atoms with van der Waals surface area (Å²) < 4.78 is 0. The van der Waals surface area contributed by atoms with Crippen LogP contribution >= 0.6 is 0 Å². The third-order valence-corrected chi connectivity index (χ3v) is 4.99. The highest BCUT2D eigenvalue weighted by molar-refractivity contribution is 5.90. The van der Waals surface area contributed by atoms with Crippen molar-refractivity contribution in [3.63, 3.8) is 0 Å². The van der Waals surface area contributed by atoms with Gasteiger partial charge in [-0.05, 0) is 37.6 Å². The van der Waals surface area contributed by atoms with Gasteiger partial charge in [0.25, 0.3) is 0 Å². The van der Waals surface area contributed by atoms with E-state index in [1.165, 1.54) is 0 Å². The van der Waals surface area contributed by atoms with Crippen LogP contribution in [0.2, 0.25) is 0 Å². The van der Waals surface area contributed by atoms with Crippen molar-refractivity contribution in [3.05, 3.63) is 71.8 Å². The highest BCUT2D eigenvalue weighted by Gasteiger charge is 2.42. The van der Waals surface area contributed by atoms with E-state index in [9.17, 15) is 4.79 Å². The lowest BCUT2D eigenvalue weighted by atomic mass is 9.69. The quantitative estimate of drug-likeness (QED) is 0.807. The minimum absolute atomic E-state index is 0.243. The van der Waals surface area contributed by atoms with Crippen LogP contribution < -0.4 is 5.73 Å². The lowest BCUT2D eigenvalue weighted by Gasteiger charge is -2.37. The highest BCUT2D eigenvalue weighted by Crippen LogP contribution is 2.37. The minimum Gasteiger partial charge on any atom is -0.369 e. The maximum atomic E-state index is 12.8. The van der Waals surface area contributed by atoms with Gasteiger partial charge in [0.05, 0.1) is 0 Å². The molecule has 0 saturated carbocycles. The third-order valence-electron chi connectivity index (χ3n) is 4.99. The first kappa shape index (κ1) is 18.2. The van der Waals surface area contributed by atoms with Gasteiger partial charge in [0.1, 0.15) is 5.41 Å². The van der Waals surface area contributed by atoms with E-state index < -0.39 is 5.41 Å². The molecular formula is C21H28N2O. The molecule has 24 heavy (non-hydrogen) atoms. The molecule has 0 aromatic heterocycles. The Labute approximate surface area is 145 Å². The fourth-order valence-corrected chi connectivity index (χ4v) is 3.65. The molecule has 2 N–H and O–H groups in total. The summed E-state index contributed by atoms with van der Waals surface area (Å²) in [4.78, 5) is 15.1. The first-order chi connectivity index (χ1) is 11.6. The van der Waals surface area contributed by atoms with Gasteiger partial charge in [-0.25, -0.2) is 0 Å². The molecule has 1 atom stereocenters. The molecule has 0 bridgehead atoms. The van der Waals surface area contributed by atoms with Gasteiger partial charge >= 0.3 is 0 Å². The van der Waals surface area contributed by atoms with E-state index in [4.69, 9.17) is 5.73 Å². The summed E-state index contributed by atoms with van der Waals surface area (Å²) in [5.74, 6) is -0.293. The Morgan fingerprint density at radius 2 is 1.38 bits per heavy atom. The first-order valence-electron chi connectivity index (χ1n) is 8.71. The summed E-state index contributed by atoms with van der Waals surface area (Å²) in [6, 6.07) is 20.1. The van der Waals surface area contributed by atoms with Crippen LogP contribution in [-0.4, -0.2) is 29.9 Å². The zero-order chi connectivity index (χ0) is 17.6. The number of hydrogen-bond donors (Lipinski definition) is 1. The second-order valence-electron chi connectivity index (χ2n) is 6.28. The molecule has 0 unspecified atom stereocenters. The minimum atomic E-state index is -0.815. The van der Waals surface area contributed by atoms with Crippen molar-refractivity contribution >= 4 is 5.91 Å². The monoisotopic (exact) mass is 324 g/mol. The van der Waals surface area contributed by atoms with Crippen molar-refractivity contribution in [3.8, 4) is 0 Å². The lowest BCUT2D eigenvalue weighted by molar-refractivity contribution is -0.122. The predicted molar refractivity (Wildman–Crippen MR) is 99.9 cm³/mol. The number of rotatable bonds is 8. The summed E-state index contributed by atoms with van der Waals surface area (Å²) in [5.41, 5.74) is 7.12. The lowest BCUT2D eigenvalue weighted by Crippen LogP contribution is -2.47. The second-order valence-corrected chi connectivity index (χ2v) is 6.28. The molecule has 2 aromatic rings. The van der Waals surface area contributed by atoms with Crippen molar-refractivity contribution in [2.45, 2.75) is 38.6 Å². The summed E-state index contributed by atoms with van der Waals surface area (Å²) in [6.45, 7) is 8.39. The maximum absolute atomic E-state index is 12.8. The van der Waals surface area contributed by atoms with Crippen molar-refractivity contribution in [2.75, 3.05) is 13.1 Å². The summed E-state index contributed by atoms with van der Waals surface area (Å²) in [5, 5.41) is 0. The molecule has 2 rings (SSSR count). The number of benzene rings is 2. The predicted octanol–water partition coefficient (Wildman–Crippen LogP) is 3.58. The SMILES string of the molecule is CCN(CC)[C@@H](C)CC(C(N)=O)(c1ccccc1)c1ccccc1. The van der Waals surface area contributed by atoms with Crippen LogP contribution in [0.25, 0.3) is 0 Å². The molecule has 128 valence electrons. The van der Waals surface area contributed by atoms with Crippen molar-refractivity contribution in [1.29, 1.82) is 0 Å². The zero-order valence-corrected chi connectivity index (χ0v) is 14.9. The molecule has 0 heterocycles. The molecule has 0 aliphatic rings. The number of nitrogens with zero attached hydrogens (tertiary/aromatic N) is 1. The van der Waals surface area contributed by atoms with Crippen LogP contribution in [0.1, 0.15) is 38.3 Å². The number of carbonyl (C=O) groups excluding carboxylic acids is 1. The van der Waals surface area contributed by atoms with Crippen LogP contribution in [0.3, 0.4) is 0 Å². The molecule has 2 aromatic carbocycles. The standard InChI is InChI=1S/C21H28N2O/c1-4-23(5-2)17(3)16-21(20(22)24,18-12-8-6-9-13-18)19-14-10-7-11-15-19/h6-15,17H,4-5,16H2,1-3H3,(H2,22,24)/t17-/m0/s1. The highest BCUT2D eigenvalue weighted by atomic mass is 16.1. The molecule has 0 radical (unpaired) electrons. The van der Waals surface area contributed by atoms with E-state index in [-0.39, 0.29) is 11.9 Å². The Balaban J connectivity index is 2.58. The van der Waals surface area contributed by atoms with Gasteiger partial charge in [-0.2, -0.15) is 0 Å². The van der Waals surface area contributed by atoms with E-state index in [1.54, 1.807) is 0 Å². The average Bonchev–Trinajstić information content (AvgIpc) is 2.62. The number of amides is 1. The zero-order valence-electron chi connectivity index (χ0n) is 14.9. The Morgan fingerprint density at radius 1 is 0.958 bits per heavy atom. The molecule has 0 aliphatic heterocycles. The second kappa shape index (κ2) is 8.11. The fraction of sp³-hybridized carbons (Fsp3) is 0.381.